The van der Waals surface area contributed by atoms with Crippen molar-refractivity contribution in [3.05, 3.63) is 0 Å². The number of rotatable bonds is 6. The molecule has 0 spiro atoms. The molecule has 0 bridgehead atoms. The van der Waals surface area contributed by atoms with Gasteiger partial charge in [0.1, 0.15) is 6.04 Å². The molecule has 2 atom stereocenters. The lowest BCUT2D eigenvalue weighted by Crippen LogP contribution is -2.32. The second kappa shape index (κ2) is 8.90. The Hall–Kier alpha value is -2.20. The fourth-order valence-corrected chi connectivity index (χ4v) is 0.528. The molecule has 0 aromatic carbocycles. The highest BCUT2D eigenvalue weighted by Gasteiger charge is 2.16. The van der Waals surface area contributed by atoms with E-state index in [-0.39, 0.29) is 0 Å². The van der Waals surface area contributed by atoms with E-state index < -0.39 is 48.9 Å². The Morgan fingerprint density at radius 1 is 0.833 bits per heavy atom. The molecule has 104 valence electrons. The second-order valence-corrected chi connectivity index (χ2v) is 2.99. The zero-order valence-corrected chi connectivity index (χ0v) is 9.02. The molecule has 1 unspecified atom stereocenters. The van der Waals surface area contributed by atoms with E-state index in [0.29, 0.717) is 0 Å². The third-order valence-electron chi connectivity index (χ3n) is 1.36. The number of carboxylic acids is 4. The maximum atomic E-state index is 9.85. The van der Waals surface area contributed by atoms with Gasteiger partial charge in [0, 0.05) is 0 Å². The zero-order chi connectivity index (χ0) is 14.9. The van der Waals surface area contributed by atoms with Gasteiger partial charge < -0.3 is 31.3 Å². The van der Waals surface area contributed by atoms with Gasteiger partial charge in [-0.1, -0.05) is 0 Å². The molecule has 10 nitrogen and oxygen atoms in total. The Labute approximate surface area is 100 Å². The maximum absolute atomic E-state index is 9.85. The highest BCUT2D eigenvalue weighted by atomic mass is 16.4. The van der Waals surface area contributed by atoms with Crippen molar-refractivity contribution in [3.63, 3.8) is 0 Å². The number of aliphatic carboxylic acids is 4. The number of hydrogen-bond donors (Lipinski definition) is 6. The summed E-state index contributed by atoms with van der Waals surface area (Å²) in [5, 5.41) is 40.2. The van der Waals surface area contributed by atoms with Crippen LogP contribution in [0.2, 0.25) is 0 Å². The molecule has 0 saturated heterocycles. The molecule has 0 aromatic heterocycles. The van der Waals surface area contributed by atoms with Crippen molar-refractivity contribution in [2.75, 3.05) is 0 Å². The van der Waals surface area contributed by atoms with Crippen molar-refractivity contribution in [2.45, 2.75) is 25.0 Å². The third-order valence-corrected chi connectivity index (χ3v) is 1.36. The van der Waals surface area contributed by atoms with Gasteiger partial charge >= 0.3 is 23.9 Å². The summed E-state index contributed by atoms with van der Waals surface area (Å²) in [6, 6.07) is -1.29. The summed E-state index contributed by atoms with van der Waals surface area (Å²) in [6.07, 6.45) is -3.08. The highest BCUT2D eigenvalue weighted by Crippen LogP contribution is 1.89. The molecular weight excluding hydrogens is 254 g/mol. The SMILES string of the molecule is N[C@@H](CC(=O)O)C(=O)O.O=C(O)CC(O)C(=O)O. The summed E-state index contributed by atoms with van der Waals surface area (Å²) in [7, 11) is 0. The van der Waals surface area contributed by atoms with Crippen LogP contribution in [0, 0.1) is 0 Å². The minimum Gasteiger partial charge on any atom is -0.481 e. The fourth-order valence-electron chi connectivity index (χ4n) is 0.528. The van der Waals surface area contributed by atoms with E-state index in [4.69, 9.17) is 31.3 Å². The van der Waals surface area contributed by atoms with E-state index in [1.165, 1.54) is 0 Å². The van der Waals surface area contributed by atoms with Crippen molar-refractivity contribution >= 4 is 23.9 Å². The number of carboxylic acid groups (broad SMARTS) is 4. The molecule has 10 heteroatoms. The molecule has 0 rings (SSSR count). The summed E-state index contributed by atoms with van der Waals surface area (Å²) in [6.45, 7) is 0. The third kappa shape index (κ3) is 11.9. The molecule has 0 radical (unpaired) electrons. The molecule has 0 aliphatic heterocycles. The normalized spacial score (nSPS) is 12.6. The van der Waals surface area contributed by atoms with E-state index in [9.17, 15) is 19.2 Å². The van der Waals surface area contributed by atoms with Gasteiger partial charge in [-0.25, -0.2) is 4.79 Å². The van der Waals surface area contributed by atoms with Crippen LogP contribution in [0.15, 0.2) is 0 Å². The van der Waals surface area contributed by atoms with Crippen LogP contribution >= 0.6 is 0 Å². The summed E-state index contributed by atoms with van der Waals surface area (Å²) < 4.78 is 0. The minimum absolute atomic E-state index is 0.532. The van der Waals surface area contributed by atoms with Crippen molar-refractivity contribution in [1.82, 2.24) is 0 Å². The van der Waals surface area contributed by atoms with Gasteiger partial charge in [-0.15, -0.1) is 0 Å². The predicted octanol–water partition coefficient (Wildman–Crippen LogP) is -2.22. The van der Waals surface area contributed by atoms with E-state index in [0.717, 1.165) is 0 Å². The van der Waals surface area contributed by atoms with Crippen molar-refractivity contribution in [2.24, 2.45) is 5.73 Å². The average molecular weight is 267 g/mol. The molecule has 0 heterocycles. The van der Waals surface area contributed by atoms with Crippen LogP contribution in [0.1, 0.15) is 12.8 Å². The number of hydrogen-bond acceptors (Lipinski definition) is 6. The summed E-state index contributed by atoms with van der Waals surface area (Å²) >= 11 is 0. The van der Waals surface area contributed by atoms with Crippen LogP contribution in [0.3, 0.4) is 0 Å². The van der Waals surface area contributed by atoms with Gasteiger partial charge in [0.15, 0.2) is 6.10 Å². The summed E-state index contributed by atoms with van der Waals surface area (Å²) in [5.41, 5.74) is 4.84. The Morgan fingerprint density at radius 2 is 1.22 bits per heavy atom. The standard InChI is InChI=1S/C4H7NO4.C4H6O5/c2*5-2(4(8)9)1-3(6)7/h2H,1,5H2,(H,6,7)(H,8,9);2,5H,1H2,(H,6,7)(H,8,9)/t2-;/m0./s1. The van der Waals surface area contributed by atoms with E-state index in [1.807, 2.05) is 0 Å². The quantitative estimate of drug-likeness (QED) is 0.306. The average Bonchev–Trinajstić information content (AvgIpc) is 2.16. The monoisotopic (exact) mass is 267 g/mol. The van der Waals surface area contributed by atoms with Crippen LogP contribution in [0.25, 0.3) is 0 Å². The van der Waals surface area contributed by atoms with Crippen molar-refractivity contribution in [1.29, 1.82) is 0 Å². The summed E-state index contributed by atoms with van der Waals surface area (Å²) in [4.78, 5) is 39.0. The smallest absolute Gasteiger partial charge is 0.333 e. The van der Waals surface area contributed by atoms with Gasteiger partial charge in [0.05, 0.1) is 12.8 Å². The van der Waals surface area contributed by atoms with Crippen molar-refractivity contribution in [3.8, 4) is 0 Å². The minimum atomic E-state index is -1.79. The zero-order valence-electron chi connectivity index (χ0n) is 9.02. The maximum Gasteiger partial charge on any atom is 0.333 e. The molecule has 0 aliphatic carbocycles. The highest BCUT2D eigenvalue weighted by molar-refractivity contribution is 5.80. The van der Waals surface area contributed by atoms with Crippen LogP contribution in [0.5, 0.6) is 0 Å². The van der Waals surface area contributed by atoms with Crippen molar-refractivity contribution < 1.29 is 44.7 Å². The largest absolute Gasteiger partial charge is 0.481 e. The van der Waals surface area contributed by atoms with E-state index in [1.54, 1.807) is 0 Å². The number of nitrogens with two attached hydrogens (primary N) is 1. The summed E-state index contributed by atoms with van der Waals surface area (Å²) in [5.74, 6) is -5.34. The van der Waals surface area contributed by atoms with Gasteiger partial charge in [0.25, 0.3) is 0 Å². The van der Waals surface area contributed by atoms with Gasteiger partial charge in [0.2, 0.25) is 0 Å². The van der Waals surface area contributed by atoms with Crippen LogP contribution in [-0.2, 0) is 19.2 Å². The Bertz CT molecular complexity index is 295. The first kappa shape index (κ1) is 18.2. The number of carbonyl (C=O) groups is 4. The topological polar surface area (TPSA) is 195 Å². The van der Waals surface area contributed by atoms with E-state index >= 15 is 0 Å². The molecule has 0 saturated carbocycles. The van der Waals surface area contributed by atoms with Gasteiger partial charge in [-0.2, -0.15) is 0 Å². The molecule has 7 N–H and O–H groups in total. The first-order valence-corrected chi connectivity index (χ1v) is 4.40. The molecular formula is C8H13NO9. The molecule has 0 aliphatic rings. The molecule has 18 heavy (non-hydrogen) atoms. The second-order valence-electron chi connectivity index (χ2n) is 2.99. The molecule has 0 aromatic rings. The number of aliphatic hydroxyl groups excluding tert-OH is 1. The lowest BCUT2D eigenvalue weighted by Gasteiger charge is -1.99. The van der Waals surface area contributed by atoms with Gasteiger partial charge in [-0.3, -0.25) is 14.4 Å². The van der Waals surface area contributed by atoms with Crippen LogP contribution in [-0.4, -0.2) is 61.6 Å². The van der Waals surface area contributed by atoms with E-state index in [2.05, 4.69) is 0 Å². The lowest BCUT2D eigenvalue weighted by atomic mass is 10.2. The fraction of sp³-hybridized carbons (Fsp3) is 0.500. The molecule has 0 amide bonds. The Balaban J connectivity index is 0. The Kier molecular flexibility index (Phi) is 8.98. The molecule has 0 fully saturated rings. The lowest BCUT2D eigenvalue weighted by molar-refractivity contribution is -0.152. The van der Waals surface area contributed by atoms with Crippen LogP contribution < -0.4 is 5.73 Å². The van der Waals surface area contributed by atoms with Crippen LogP contribution in [0.4, 0.5) is 0 Å². The first-order chi connectivity index (χ1) is 8.07. The Morgan fingerprint density at radius 3 is 1.33 bits per heavy atom. The number of aliphatic hydroxyl groups is 1. The first-order valence-electron chi connectivity index (χ1n) is 4.40. The predicted molar refractivity (Wildman–Crippen MR) is 53.8 cm³/mol. The van der Waals surface area contributed by atoms with Gasteiger partial charge in [-0.05, 0) is 0 Å².